The SMILES string of the molecule is N#Cc1sccc1OCC1CCCCC1. The minimum Gasteiger partial charge on any atom is -0.491 e. The van der Waals surface area contributed by atoms with Crippen molar-refractivity contribution < 1.29 is 4.74 Å². The van der Waals surface area contributed by atoms with Crippen molar-refractivity contribution in [1.29, 1.82) is 5.26 Å². The Kier molecular flexibility index (Phi) is 3.63. The molecule has 1 aromatic heterocycles. The Morgan fingerprint density at radius 3 is 2.93 bits per heavy atom. The van der Waals surface area contributed by atoms with Crippen LogP contribution in [0.3, 0.4) is 0 Å². The molecule has 0 aromatic carbocycles. The average Bonchev–Trinajstić information content (AvgIpc) is 2.75. The maximum absolute atomic E-state index is 8.82. The van der Waals surface area contributed by atoms with Crippen molar-refractivity contribution in [2.75, 3.05) is 6.61 Å². The lowest BCUT2D eigenvalue weighted by atomic mass is 9.90. The molecule has 0 aliphatic heterocycles. The quantitative estimate of drug-likeness (QED) is 0.781. The Hall–Kier alpha value is -1.01. The Balaban J connectivity index is 1.85. The van der Waals surface area contributed by atoms with Gasteiger partial charge in [0, 0.05) is 0 Å². The smallest absolute Gasteiger partial charge is 0.147 e. The third kappa shape index (κ3) is 2.73. The Bertz CT molecular complexity index is 347. The van der Waals surface area contributed by atoms with E-state index in [0.717, 1.165) is 12.4 Å². The van der Waals surface area contributed by atoms with Crippen LogP contribution in [0.5, 0.6) is 5.75 Å². The van der Waals surface area contributed by atoms with Gasteiger partial charge in [-0.15, -0.1) is 11.3 Å². The topological polar surface area (TPSA) is 33.0 Å². The number of nitriles is 1. The summed E-state index contributed by atoms with van der Waals surface area (Å²) < 4.78 is 5.70. The van der Waals surface area contributed by atoms with E-state index in [4.69, 9.17) is 10.00 Å². The summed E-state index contributed by atoms with van der Waals surface area (Å²) in [6.45, 7) is 0.783. The second-order valence-corrected chi connectivity index (χ2v) is 4.96. The normalized spacial score (nSPS) is 17.3. The van der Waals surface area contributed by atoms with Gasteiger partial charge in [0.2, 0.25) is 0 Å². The van der Waals surface area contributed by atoms with Crippen molar-refractivity contribution in [3.63, 3.8) is 0 Å². The van der Waals surface area contributed by atoms with Crippen LogP contribution in [0.15, 0.2) is 11.4 Å². The molecular formula is C12H15NOS. The van der Waals surface area contributed by atoms with Crippen LogP contribution in [0.4, 0.5) is 0 Å². The minimum absolute atomic E-state index is 0.699. The number of hydrogen-bond donors (Lipinski definition) is 0. The molecule has 0 radical (unpaired) electrons. The molecule has 1 heterocycles. The molecule has 1 fully saturated rings. The Morgan fingerprint density at radius 2 is 2.20 bits per heavy atom. The molecule has 2 rings (SSSR count). The van der Waals surface area contributed by atoms with E-state index in [-0.39, 0.29) is 0 Å². The van der Waals surface area contributed by atoms with Crippen LogP contribution in [0.1, 0.15) is 37.0 Å². The van der Waals surface area contributed by atoms with Crippen LogP contribution in [0, 0.1) is 17.2 Å². The van der Waals surface area contributed by atoms with Gasteiger partial charge in [-0.05, 0) is 30.2 Å². The van der Waals surface area contributed by atoms with Gasteiger partial charge in [-0.3, -0.25) is 0 Å². The molecule has 1 saturated carbocycles. The van der Waals surface area contributed by atoms with E-state index in [1.807, 2.05) is 11.4 Å². The lowest BCUT2D eigenvalue weighted by Crippen LogP contribution is -2.15. The third-order valence-corrected chi connectivity index (χ3v) is 3.73. The van der Waals surface area contributed by atoms with Crippen LogP contribution in [0.2, 0.25) is 0 Å². The fourth-order valence-electron chi connectivity index (χ4n) is 2.05. The first kappa shape index (κ1) is 10.5. The monoisotopic (exact) mass is 221 g/mol. The lowest BCUT2D eigenvalue weighted by molar-refractivity contribution is 0.209. The van der Waals surface area contributed by atoms with Gasteiger partial charge in [0.05, 0.1) is 6.61 Å². The first-order valence-corrected chi connectivity index (χ1v) is 6.38. The van der Waals surface area contributed by atoms with Gasteiger partial charge >= 0.3 is 0 Å². The molecule has 15 heavy (non-hydrogen) atoms. The molecule has 2 nitrogen and oxygen atoms in total. The molecular weight excluding hydrogens is 206 g/mol. The van der Waals surface area contributed by atoms with Crippen molar-refractivity contribution in [2.45, 2.75) is 32.1 Å². The van der Waals surface area contributed by atoms with Gasteiger partial charge in [0.15, 0.2) is 0 Å². The predicted octanol–water partition coefficient (Wildman–Crippen LogP) is 3.58. The zero-order valence-electron chi connectivity index (χ0n) is 8.74. The largest absolute Gasteiger partial charge is 0.491 e. The van der Waals surface area contributed by atoms with Gasteiger partial charge in [-0.1, -0.05) is 19.3 Å². The fourth-order valence-corrected chi connectivity index (χ4v) is 2.68. The summed E-state index contributed by atoms with van der Waals surface area (Å²) in [5, 5.41) is 10.7. The van der Waals surface area contributed by atoms with Gasteiger partial charge in [0.1, 0.15) is 16.7 Å². The van der Waals surface area contributed by atoms with Crippen LogP contribution >= 0.6 is 11.3 Å². The maximum atomic E-state index is 8.82. The molecule has 1 aromatic rings. The van der Waals surface area contributed by atoms with E-state index in [0.29, 0.717) is 10.8 Å². The highest BCUT2D eigenvalue weighted by Gasteiger charge is 2.15. The van der Waals surface area contributed by atoms with Gasteiger partial charge in [0.25, 0.3) is 0 Å². The highest BCUT2D eigenvalue weighted by molar-refractivity contribution is 7.10. The molecule has 0 bridgehead atoms. The fraction of sp³-hybridized carbons (Fsp3) is 0.583. The molecule has 3 heteroatoms. The van der Waals surface area contributed by atoms with Crippen molar-refractivity contribution in [3.05, 3.63) is 16.3 Å². The zero-order valence-corrected chi connectivity index (χ0v) is 9.55. The van der Waals surface area contributed by atoms with Crippen molar-refractivity contribution in [3.8, 4) is 11.8 Å². The van der Waals surface area contributed by atoms with E-state index in [9.17, 15) is 0 Å². The number of nitrogens with zero attached hydrogens (tertiary/aromatic N) is 1. The number of hydrogen-bond acceptors (Lipinski definition) is 3. The second kappa shape index (κ2) is 5.18. The highest BCUT2D eigenvalue weighted by atomic mass is 32.1. The molecule has 0 atom stereocenters. The van der Waals surface area contributed by atoms with Gasteiger partial charge < -0.3 is 4.74 Å². The van der Waals surface area contributed by atoms with Crippen molar-refractivity contribution in [1.82, 2.24) is 0 Å². The van der Waals surface area contributed by atoms with E-state index >= 15 is 0 Å². The maximum Gasteiger partial charge on any atom is 0.147 e. The second-order valence-electron chi connectivity index (χ2n) is 4.04. The summed E-state index contributed by atoms with van der Waals surface area (Å²) in [5.74, 6) is 1.47. The summed E-state index contributed by atoms with van der Waals surface area (Å²) in [6.07, 6.45) is 6.61. The molecule has 1 aliphatic rings. The Labute approximate surface area is 94.5 Å². The lowest BCUT2D eigenvalue weighted by Gasteiger charge is -2.21. The standard InChI is InChI=1S/C12H15NOS/c13-8-12-11(6-7-15-12)14-9-10-4-2-1-3-5-10/h6-7,10H,1-5,9H2. The Morgan fingerprint density at radius 1 is 1.40 bits per heavy atom. The van der Waals surface area contributed by atoms with Crippen LogP contribution in [0.25, 0.3) is 0 Å². The minimum atomic E-state index is 0.699. The molecule has 80 valence electrons. The molecule has 0 unspecified atom stereocenters. The molecule has 0 N–H and O–H groups in total. The molecule has 0 amide bonds. The van der Waals surface area contributed by atoms with E-state index in [1.165, 1.54) is 43.4 Å². The average molecular weight is 221 g/mol. The zero-order chi connectivity index (χ0) is 10.5. The molecule has 0 saturated heterocycles. The molecule has 0 spiro atoms. The summed E-state index contributed by atoms with van der Waals surface area (Å²) >= 11 is 1.45. The van der Waals surface area contributed by atoms with Gasteiger partial charge in [-0.2, -0.15) is 5.26 Å². The predicted molar refractivity (Wildman–Crippen MR) is 61.1 cm³/mol. The summed E-state index contributed by atoms with van der Waals surface area (Å²) in [5.41, 5.74) is 0. The van der Waals surface area contributed by atoms with Crippen molar-refractivity contribution >= 4 is 11.3 Å². The van der Waals surface area contributed by atoms with Crippen LogP contribution in [-0.2, 0) is 0 Å². The highest BCUT2D eigenvalue weighted by Crippen LogP contribution is 2.27. The number of thiophene rings is 1. The van der Waals surface area contributed by atoms with Crippen LogP contribution in [-0.4, -0.2) is 6.61 Å². The van der Waals surface area contributed by atoms with Crippen LogP contribution < -0.4 is 4.74 Å². The van der Waals surface area contributed by atoms with Gasteiger partial charge in [-0.25, -0.2) is 0 Å². The van der Waals surface area contributed by atoms with E-state index in [2.05, 4.69) is 6.07 Å². The third-order valence-electron chi connectivity index (χ3n) is 2.93. The summed E-state index contributed by atoms with van der Waals surface area (Å²) in [4.78, 5) is 0.700. The summed E-state index contributed by atoms with van der Waals surface area (Å²) in [6, 6.07) is 4.05. The first-order valence-electron chi connectivity index (χ1n) is 5.50. The number of ether oxygens (including phenoxy) is 1. The molecule has 1 aliphatic carbocycles. The van der Waals surface area contributed by atoms with E-state index in [1.54, 1.807) is 0 Å². The number of rotatable bonds is 3. The summed E-state index contributed by atoms with van der Waals surface area (Å²) in [7, 11) is 0. The van der Waals surface area contributed by atoms with Crippen molar-refractivity contribution in [2.24, 2.45) is 5.92 Å². The first-order chi connectivity index (χ1) is 7.40. The van der Waals surface area contributed by atoms with E-state index < -0.39 is 0 Å².